The molecule has 6 heteroatoms. The van der Waals surface area contributed by atoms with Gasteiger partial charge in [0.2, 0.25) is 0 Å². The highest BCUT2D eigenvalue weighted by Crippen LogP contribution is 2.35. The summed E-state index contributed by atoms with van der Waals surface area (Å²) >= 11 is 6.22. The number of amides is 1. The van der Waals surface area contributed by atoms with E-state index in [9.17, 15) is 9.90 Å². The lowest BCUT2D eigenvalue weighted by Crippen LogP contribution is -2.41. The van der Waals surface area contributed by atoms with Crippen LogP contribution in [0.1, 0.15) is 44.6 Å². The number of benzene rings is 1. The third-order valence-corrected chi connectivity index (χ3v) is 5.66. The molecule has 0 radical (unpaired) electrons. The number of aliphatic hydroxyl groups excluding tert-OH is 1. The quantitative estimate of drug-likeness (QED) is 0.402. The van der Waals surface area contributed by atoms with E-state index >= 15 is 0 Å². The van der Waals surface area contributed by atoms with Crippen LogP contribution in [0.15, 0.2) is 29.8 Å². The van der Waals surface area contributed by atoms with Crippen molar-refractivity contribution >= 4 is 29.0 Å². The van der Waals surface area contributed by atoms with Crippen LogP contribution in [0.4, 0.5) is 0 Å². The smallest absolute Gasteiger partial charge is 0.256 e. The number of fused-ring (bicyclic) bond motifs is 1. The Balaban J connectivity index is 1.98. The zero-order valence-corrected chi connectivity index (χ0v) is 15.9. The lowest BCUT2D eigenvalue weighted by atomic mass is 9.96. The summed E-state index contributed by atoms with van der Waals surface area (Å²) in [6.07, 6.45) is 4.97. The summed E-state index contributed by atoms with van der Waals surface area (Å²) in [6.45, 7) is 3.42. The molecule has 140 valence electrons. The van der Waals surface area contributed by atoms with Crippen LogP contribution in [0.3, 0.4) is 0 Å². The zero-order valence-electron chi connectivity index (χ0n) is 15.1. The van der Waals surface area contributed by atoms with Crippen LogP contribution in [0.2, 0.25) is 5.02 Å². The van der Waals surface area contributed by atoms with E-state index in [1.54, 1.807) is 24.3 Å². The number of aliphatic hydroxyl groups is 1. The van der Waals surface area contributed by atoms with Crippen molar-refractivity contribution < 1.29 is 9.90 Å². The van der Waals surface area contributed by atoms with Gasteiger partial charge in [-0.15, -0.1) is 0 Å². The fourth-order valence-corrected chi connectivity index (χ4v) is 4.27. The Bertz CT molecular complexity index is 732. The van der Waals surface area contributed by atoms with Crippen molar-refractivity contribution in [1.29, 1.82) is 5.41 Å². The number of carbonyl (C=O) groups excluding carboxylic acids is 1. The highest BCUT2D eigenvalue weighted by Gasteiger charge is 2.41. The summed E-state index contributed by atoms with van der Waals surface area (Å²) in [5.74, 6) is -0.617. The van der Waals surface area contributed by atoms with E-state index < -0.39 is 5.91 Å². The molecule has 0 bridgehead atoms. The van der Waals surface area contributed by atoms with Gasteiger partial charge in [-0.05, 0) is 50.8 Å². The third kappa shape index (κ3) is 3.64. The summed E-state index contributed by atoms with van der Waals surface area (Å²) in [4.78, 5) is 15.1. The second-order valence-corrected chi connectivity index (χ2v) is 7.41. The molecule has 2 atom stereocenters. The number of hydrogen-bond donors (Lipinski definition) is 3. The number of hydrogen-bond acceptors (Lipinski definition) is 4. The van der Waals surface area contributed by atoms with Crippen molar-refractivity contribution in [3.05, 3.63) is 40.4 Å². The maximum absolute atomic E-state index is 12.8. The first-order chi connectivity index (χ1) is 12.5. The molecule has 26 heavy (non-hydrogen) atoms. The van der Waals surface area contributed by atoms with Gasteiger partial charge in [-0.3, -0.25) is 9.69 Å². The van der Waals surface area contributed by atoms with Gasteiger partial charge >= 0.3 is 0 Å². The van der Waals surface area contributed by atoms with Crippen LogP contribution in [0.25, 0.3) is 5.76 Å². The van der Waals surface area contributed by atoms with Crippen LogP contribution in [-0.4, -0.2) is 46.8 Å². The maximum atomic E-state index is 12.8. The van der Waals surface area contributed by atoms with E-state index in [0.29, 0.717) is 23.2 Å². The van der Waals surface area contributed by atoms with Crippen LogP contribution in [-0.2, 0) is 4.79 Å². The van der Waals surface area contributed by atoms with Crippen molar-refractivity contribution in [2.75, 3.05) is 13.1 Å². The van der Waals surface area contributed by atoms with Crippen molar-refractivity contribution in [2.24, 2.45) is 0 Å². The summed E-state index contributed by atoms with van der Waals surface area (Å²) < 4.78 is 0. The standard InChI is InChI=1S/C20H26ClN3O2/c1-2-11-23-20(26)17(19(25)14-7-3-4-8-15(14)21)18(22)16-10-9-13-6-5-12-24(13)16/h3-4,7-8,13,16,22,25H,2,5-6,9-12H2,1H3,(H,23,26). The van der Waals surface area contributed by atoms with Crippen molar-refractivity contribution in [3.8, 4) is 0 Å². The second kappa shape index (κ2) is 8.23. The Hall–Kier alpha value is -1.85. The summed E-state index contributed by atoms with van der Waals surface area (Å²) in [5.41, 5.74) is 0.626. The van der Waals surface area contributed by atoms with Gasteiger partial charge in [0.15, 0.2) is 0 Å². The average molecular weight is 376 g/mol. The molecule has 5 nitrogen and oxygen atoms in total. The first-order valence-electron chi connectivity index (χ1n) is 9.35. The molecule has 1 aromatic rings. The molecular weight excluding hydrogens is 350 g/mol. The van der Waals surface area contributed by atoms with Gasteiger partial charge in [-0.2, -0.15) is 0 Å². The normalized spacial score (nSPS) is 23.5. The Morgan fingerprint density at radius 2 is 2.12 bits per heavy atom. The lowest BCUT2D eigenvalue weighted by molar-refractivity contribution is -0.117. The number of nitrogens with zero attached hydrogens (tertiary/aromatic N) is 1. The maximum Gasteiger partial charge on any atom is 0.256 e. The fraction of sp³-hybridized carbons (Fsp3) is 0.500. The van der Waals surface area contributed by atoms with E-state index in [0.717, 1.165) is 38.6 Å². The van der Waals surface area contributed by atoms with E-state index in [1.165, 1.54) is 0 Å². The number of nitrogens with one attached hydrogen (secondary N) is 2. The van der Waals surface area contributed by atoms with E-state index in [4.69, 9.17) is 17.0 Å². The number of carbonyl (C=O) groups is 1. The van der Waals surface area contributed by atoms with Crippen molar-refractivity contribution in [2.45, 2.75) is 51.1 Å². The average Bonchev–Trinajstić information content (AvgIpc) is 3.23. The zero-order chi connectivity index (χ0) is 18.7. The molecule has 2 saturated heterocycles. The van der Waals surface area contributed by atoms with Crippen molar-refractivity contribution in [1.82, 2.24) is 10.2 Å². The summed E-state index contributed by atoms with van der Waals surface area (Å²) in [5, 5.41) is 22.8. The van der Waals surface area contributed by atoms with Gasteiger partial charge in [0.05, 0.1) is 16.8 Å². The predicted molar refractivity (Wildman–Crippen MR) is 105 cm³/mol. The SMILES string of the molecule is CCCNC(=O)C(C(=N)C1CCC2CCCN21)=C(O)c1ccccc1Cl. The number of rotatable bonds is 6. The van der Waals surface area contributed by atoms with Gasteiger partial charge in [0.1, 0.15) is 11.3 Å². The van der Waals surface area contributed by atoms with Gasteiger partial charge in [-0.25, -0.2) is 0 Å². The van der Waals surface area contributed by atoms with E-state index in [2.05, 4.69) is 10.2 Å². The minimum Gasteiger partial charge on any atom is -0.506 e. The molecule has 0 aliphatic carbocycles. The monoisotopic (exact) mass is 375 g/mol. The Labute approximate surface area is 159 Å². The molecule has 3 rings (SSSR count). The largest absolute Gasteiger partial charge is 0.506 e. The second-order valence-electron chi connectivity index (χ2n) is 7.00. The molecule has 0 aromatic heterocycles. The van der Waals surface area contributed by atoms with Gasteiger partial charge < -0.3 is 15.8 Å². The summed E-state index contributed by atoms with van der Waals surface area (Å²) in [7, 11) is 0. The molecule has 2 fully saturated rings. The van der Waals surface area contributed by atoms with Gasteiger partial charge in [-0.1, -0.05) is 30.7 Å². The minimum absolute atomic E-state index is 0.0455. The molecule has 3 N–H and O–H groups in total. The minimum atomic E-state index is -0.406. The molecule has 1 amide bonds. The highest BCUT2D eigenvalue weighted by atomic mass is 35.5. The number of halogens is 1. The highest BCUT2D eigenvalue weighted by molar-refractivity contribution is 6.33. The fourth-order valence-electron chi connectivity index (χ4n) is 4.04. The van der Waals surface area contributed by atoms with E-state index in [1.807, 2.05) is 6.92 Å². The van der Waals surface area contributed by atoms with Crippen molar-refractivity contribution in [3.63, 3.8) is 0 Å². The molecule has 1 aromatic carbocycles. The van der Waals surface area contributed by atoms with Crippen LogP contribution < -0.4 is 5.32 Å². The summed E-state index contributed by atoms with van der Waals surface area (Å²) in [6, 6.07) is 7.26. The van der Waals surface area contributed by atoms with E-state index in [-0.39, 0.29) is 23.1 Å². The molecule has 0 spiro atoms. The lowest BCUT2D eigenvalue weighted by Gasteiger charge is -2.26. The van der Waals surface area contributed by atoms with Gasteiger partial charge in [0.25, 0.3) is 5.91 Å². The Morgan fingerprint density at radius 1 is 1.35 bits per heavy atom. The molecule has 2 unspecified atom stereocenters. The molecule has 2 heterocycles. The first kappa shape index (κ1) is 18.9. The van der Waals surface area contributed by atoms with Crippen LogP contribution >= 0.6 is 11.6 Å². The topological polar surface area (TPSA) is 76.4 Å². The third-order valence-electron chi connectivity index (χ3n) is 5.33. The van der Waals surface area contributed by atoms with Crippen LogP contribution in [0, 0.1) is 5.41 Å². The molecule has 2 aliphatic rings. The Kier molecular flexibility index (Phi) is 5.99. The van der Waals surface area contributed by atoms with Gasteiger partial charge in [0, 0.05) is 18.2 Å². The predicted octanol–water partition coefficient (Wildman–Crippen LogP) is 3.78. The first-order valence-corrected chi connectivity index (χ1v) is 9.73. The molecule has 0 saturated carbocycles. The molecular formula is C20H26ClN3O2. The molecule has 2 aliphatic heterocycles. The van der Waals surface area contributed by atoms with Crippen LogP contribution in [0.5, 0.6) is 0 Å². The Morgan fingerprint density at radius 3 is 2.85 bits per heavy atom.